The van der Waals surface area contributed by atoms with E-state index in [1.807, 2.05) is 18.2 Å². The molecule has 122 valence electrons. The summed E-state index contributed by atoms with van der Waals surface area (Å²) < 4.78 is 16.7. The van der Waals surface area contributed by atoms with Gasteiger partial charge in [0.1, 0.15) is 5.60 Å². The lowest BCUT2D eigenvalue weighted by molar-refractivity contribution is -0.168. The minimum atomic E-state index is -1.00. The van der Waals surface area contributed by atoms with Crippen molar-refractivity contribution in [1.82, 2.24) is 0 Å². The molecular formula is C17H24O5. The quantitative estimate of drug-likeness (QED) is 0.868. The number of hydrogen-bond acceptors (Lipinski definition) is 5. The third kappa shape index (κ3) is 3.50. The first-order valence-corrected chi connectivity index (χ1v) is 7.98. The van der Waals surface area contributed by atoms with Gasteiger partial charge in [-0.2, -0.15) is 0 Å². The van der Waals surface area contributed by atoms with Crippen molar-refractivity contribution in [3.8, 4) is 0 Å². The minimum absolute atomic E-state index is 0.0927. The van der Waals surface area contributed by atoms with Gasteiger partial charge in [0.25, 0.3) is 0 Å². The van der Waals surface area contributed by atoms with E-state index in [2.05, 4.69) is 0 Å². The van der Waals surface area contributed by atoms with Gasteiger partial charge in [-0.3, -0.25) is 0 Å². The van der Waals surface area contributed by atoms with Crippen LogP contribution in [0.15, 0.2) is 18.2 Å². The molecule has 2 aliphatic rings. The Labute approximate surface area is 130 Å². The Morgan fingerprint density at radius 2 is 2.18 bits per heavy atom. The van der Waals surface area contributed by atoms with Gasteiger partial charge in [-0.05, 0) is 36.0 Å². The molecule has 2 aliphatic heterocycles. The van der Waals surface area contributed by atoms with E-state index < -0.39 is 5.60 Å². The van der Waals surface area contributed by atoms with E-state index in [1.165, 1.54) is 0 Å². The number of aliphatic hydroxyl groups excluding tert-OH is 1. The van der Waals surface area contributed by atoms with Gasteiger partial charge in [-0.25, -0.2) is 0 Å². The second-order valence-electron chi connectivity index (χ2n) is 6.09. The van der Waals surface area contributed by atoms with Crippen LogP contribution in [0.4, 0.5) is 0 Å². The Morgan fingerprint density at radius 3 is 2.86 bits per heavy atom. The average molecular weight is 308 g/mol. The number of ether oxygens (including phenoxy) is 3. The van der Waals surface area contributed by atoms with Crippen molar-refractivity contribution in [3.05, 3.63) is 34.9 Å². The van der Waals surface area contributed by atoms with Crippen LogP contribution < -0.4 is 0 Å². The minimum Gasteiger partial charge on any atom is -0.392 e. The van der Waals surface area contributed by atoms with Crippen molar-refractivity contribution < 1.29 is 24.4 Å². The molecule has 2 N–H and O–H groups in total. The van der Waals surface area contributed by atoms with Crippen molar-refractivity contribution in [2.45, 2.75) is 50.8 Å². The lowest BCUT2D eigenvalue weighted by atomic mass is 9.88. The van der Waals surface area contributed by atoms with Crippen molar-refractivity contribution >= 4 is 0 Å². The highest BCUT2D eigenvalue weighted by molar-refractivity contribution is 5.36. The molecule has 2 heterocycles. The third-order valence-electron chi connectivity index (χ3n) is 4.42. The summed E-state index contributed by atoms with van der Waals surface area (Å²) in [6, 6.07) is 5.70. The summed E-state index contributed by atoms with van der Waals surface area (Å²) in [4.78, 5) is 0. The van der Waals surface area contributed by atoms with Crippen LogP contribution in [0, 0.1) is 0 Å². The summed E-state index contributed by atoms with van der Waals surface area (Å²) in [7, 11) is 0. The molecule has 0 aromatic heterocycles. The Kier molecular flexibility index (Phi) is 5.10. The summed E-state index contributed by atoms with van der Waals surface area (Å²) in [5.41, 5.74) is 1.46. The van der Waals surface area contributed by atoms with Crippen LogP contribution in [0.3, 0.4) is 0 Å². The molecule has 0 saturated carbocycles. The van der Waals surface area contributed by atoms with Crippen molar-refractivity contribution in [2.75, 3.05) is 19.8 Å². The maximum atomic E-state index is 10.7. The van der Waals surface area contributed by atoms with E-state index in [4.69, 9.17) is 14.2 Å². The van der Waals surface area contributed by atoms with Gasteiger partial charge in [-0.1, -0.05) is 18.2 Å². The molecule has 5 nitrogen and oxygen atoms in total. The molecule has 0 bridgehead atoms. The Hall–Kier alpha value is -0.980. The highest BCUT2D eigenvalue weighted by Crippen LogP contribution is 2.33. The van der Waals surface area contributed by atoms with E-state index >= 15 is 0 Å². The average Bonchev–Trinajstić information content (AvgIpc) is 3.01. The van der Waals surface area contributed by atoms with E-state index in [9.17, 15) is 10.2 Å². The molecule has 0 aliphatic carbocycles. The fourth-order valence-electron chi connectivity index (χ4n) is 3.08. The molecule has 0 radical (unpaired) electrons. The van der Waals surface area contributed by atoms with Crippen LogP contribution in [0.25, 0.3) is 0 Å². The zero-order chi connectivity index (χ0) is 15.4. The predicted molar refractivity (Wildman–Crippen MR) is 80.1 cm³/mol. The van der Waals surface area contributed by atoms with Gasteiger partial charge in [0.15, 0.2) is 6.29 Å². The second kappa shape index (κ2) is 7.06. The maximum absolute atomic E-state index is 10.7. The van der Waals surface area contributed by atoms with E-state index in [-0.39, 0.29) is 19.5 Å². The fraction of sp³-hybridized carbons (Fsp3) is 0.647. The zero-order valence-electron chi connectivity index (χ0n) is 12.8. The molecule has 3 rings (SSSR count). The molecule has 0 spiro atoms. The first-order chi connectivity index (χ1) is 10.7. The number of aliphatic hydroxyl groups is 2. The zero-order valence-corrected chi connectivity index (χ0v) is 12.8. The van der Waals surface area contributed by atoms with E-state index in [0.717, 1.165) is 42.6 Å². The first kappa shape index (κ1) is 15.9. The van der Waals surface area contributed by atoms with Gasteiger partial charge in [-0.15, -0.1) is 0 Å². The first-order valence-electron chi connectivity index (χ1n) is 7.98. The summed E-state index contributed by atoms with van der Waals surface area (Å²) in [6.07, 6.45) is 3.58. The third-order valence-corrected chi connectivity index (χ3v) is 4.42. The van der Waals surface area contributed by atoms with E-state index in [0.29, 0.717) is 19.6 Å². The molecular weight excluding hydrogens is 284 g/mol. The lowest BCUT2D eigenvalue weighted by Crippen LogP contribution is -2.27. The SMILES string of the molecule is OCc1ccc(COC2CCCCO2)cc1C1(O)CCOC1. The van der Waals surface area contributed by atoms with E-state index in [1.54, 1.807) is 0 Å². The maximum Gasteiger partial charge on any atom is 0.158 e. The second-order valence-corrected chi connectivity index (χ2v) is 6.09. The molecule has 2 atom stereocenters. The number of benzene rings is 1. The van der Waals surface area contributed by atoms with Crippen LogP contribution >= 0.6 is 0 Å². The molecule has 22 heavy (non-hydrogen) atoms. The van der Waals surface area contributed by atoms with Crippen LogP contribution in [-0.4, -0.2) is 36.3 Å². The Bertz CT molecular complexity index is 490. The largest absolute Gasteiger partial charge is 0.392 e. The monoisotopic (exact) mass is 308 g/mol. The predicted octanol–water partition coefficient (Wildman–Crippen LogP) is 1.83. The highest BCUT2D eigenvalue weighted by Gasteiger charge is 2.36. The van der Waals surface area contributed by atoms with Crippen molar-refractivity contribution in [1.29, 1.82) is 0 Å². The summed E-state index contributed by atoms with van der Waals surface area (Å²) in [5.74, 6) is 0. The van der Waals surface area contributed by atoms with Crippen LogP contribution in [0.1, 0.15) is 42.4 Å². The number of hydrogen-bond donors (Lipinski definition) is 2. The van der Waals surface area contributed by atoms with Gasteiger partial charge < -0.3 is 24.4 Å². The highest BCUT2D eigenvalue weighted by atomic mass is 16.7. The Balaban J connectivity index is 1.72. The topological polar surface area (TPSA) is 68.2 Å². The standard InChI is InChI=1S/C17H24O5/c18-10-14-5-4-13(11-22-16-3-1-2-7-21-16)9-15(14)17(19)6-8-20-12-17/h4-5,9,16,18-19H,1-3,6-8,10-12H2. The van der Waals surface area contributed by atoms with Gasteiger partial charge in [0, 0.05) is 19.6 Å². The smallest absolute Gasteiger partial charge is 0.158 e. The number of rotatable bonds is 5. The molecule has 1 aromatic carbocycles. The van der Waals surface area contributed by atoms with Crippen molar-refractivity contribution in [3.63, 3.8) is 0 Å². The molecule has 2 fully saturated rings. The van der Waals surface area contributed by atoms with Gasteiger partial charge in [0.05, 0.1) is 19.8 Å². The summed E-state index contributed by atoms with van der Waals surface area (Å²) in [5, 5.41) is 20.2. The van der Waals surface area contributed by atoms with Gasteiger partial charge >= 0.3 is 0 Å². The molecule has 5 heteroatoms. The summed E-state index contributed by atoms with van der Waals surface area (Å²) >= 11 is 0. The van der Waals surface area contributed by atoms with Crippen LogP contribution in [0.2, 0.25) is 0 Å². The molecule has 2 saturated heterocycles. The molecule has 0 amide bonds. The fourth-order valence-corrected chi connectivity index (χ4v) is 3.08. The van der Waals surface area contributed by atoms with Crippen LogP contribution in [0.5, 0.6) is 0 Å². The molecule has 2 unspecified atom stereocenters. The van der Waals surface area contributed by atoms with Crippen LogP contribution in [-0.2, 0) is 33.0 Å². The molecule has 1 aromatic rings. The Morgan fingerprint density at radius 1 is 1.27 bits per heavy atom. The van der Waals surface area contributed by atoms with Crippen molar-refractivity contribution in [2.24, 2.45) is 0 Å². The lowest BCUT2D eigenvalue weighted by Gasteiger charge is -2.25. The normalized spacial score (nSPS) is 28.9. The summed E-state index contributed by atoms with van der Waals surface area (Å²) in [6.45, 7) is 1.93. The van der Waals surface area contributed by atoms with Gasteiger partial charge in [0.2, 0.25) is 0 Å².